The summed E-state index contributed by atoms with van der Waals surface area (Å²) in [4.78, 5) is 1.36. The lowest BCUT2D eigenvalue weighted by molar-refractivity contribution is 0.236. The van der Waals surface area contributed by atoms with Gasteiger partial charge in [-0.15, -0.1) is 11.3 Å². The fraction of sp³-hybridized carbons (Fsp3) is 0.333. The fourth-order valence-electron chi connectivity index (χ4n) is 2.10. The molecule has 0 saturated carbocycles. The van der Waals surface area contributed by atoms with Crippen molar-refractivity contribution in [3.8, 4) is 5.75 Å². The molecule has 0 amide bonds. The summed E-state index contributed by atoms with van der Waals surface area (Å²) in [5, 5.41) is 0. The smallest absolute Gasteiger partial charge is 0.355 e. The molecule has 0 radical (unpaired) electrons. The fourth-order valence-corrected chi connectivity index (χ4v) is 4.86. The van der Waals surface area contributed by atoms with Gasteiger partial charge >= 0.3 is 5.76 Å². The van der Waals surface area contributed by atoms with Crippen molar-refractivity contribution < 1.29 is 30.4 Å². The Morgan fingerprint density at radius 3 is 2.33 bits per heavy atom. The van der Waals surface area contributed by atoms with Gasteiger partial charge in [0.15, 0.2) is 0 Å². The predicted octanol–water partition coefficient (Wildman–Crippen LogP) is 2.76. The molecular weight excluding hydrogens is 422 g/mol. The van der Waals surface area contributed by atoms with Crippen molar-refractivity contribution in [3.63, 3.8) is 0 Å². The molecule has 1 aromatic carbocycles. The summed E-state index contributed by atoms with van der Waals surface area (Å²) in [5.74, 6) is -3.61. The zero-order chi connectivity index (χ0) is 20.2. The van der Waals surface area contributed by atoms with Crippen molar-refractivity contribution in [2.75, 3.05) is 11.8 Å². The van der Waals surface area contributed by atoms with E-state index in [1.54, 1.807) is 10.8 Å². The average molecular weight is 441 g/mol. The second kappa shape index (κ2) is 8.50. The van der Waals surface area contributed by atoms with Crippen molar-refractivity contribution >= 4 is 37.1 Å². The summed E-state index contributed by atoms with van der Waals surface area (Å²) in [6.07, 6.45) is 0.815. The van der Waals surface area contributed by atoms with Crippen LogP contribution in [0, 0.1) is 0 Å². The van der Waals surface area contributed by atoms with Gasteiger partial charge < -0.3 is 4.74 Å². The molecule has 0 aliphatic rings. The minimum atomic E-state index is -5.06. The van der Waals surface area contributed by atoms with E-state index in [1.165, 1.54) is 24.5 Å². The number of thiophene rings is 1. The third kappa shape index (κ3) is 5.37. The van der Waals surface area contributed by atoms with Crippen molar-refractivity contribution in [3.05, 3.63) is 40.1 Å². The number of rotatable bonds is 9. The first-order chi connectivity index (χ1) is 12.6. The van der Waals surface area contributed by atoms with Gasteiger partial charge in [-0.05, 0) is 30.7 Å². The molecule has 0 unspecified atom stereocenters. The summed E-state index contributed by atoms with van der Waals surface area (Å²) < 4.78 is 82.3. The van der Waals surface area contributed by atoms with Crippen LogP contribution in [-0.2, 0) is 33.0 Å². The first kappa shape index (κ1) is 21.5. The van der Waals surface area contributed by atoms with Gasteiger partial charge in [0.25, 0.3) is 10.0 Å². The Balaban J connectivity index is 2.34. The van der Waals surface area contributed by atoms with E-state index in [1.807, 2.05) is 13.0 Å². The number of sulfonamides is 2. The van der Waals surface area contributed by atoms with E-state index in [0.29, 0.717) is 0 Å². The number of aryl methyl sites for hydroxylation is 1. The number of nitrogens with one attached hydrogen (secondary N) is 2. The van der Waals surface area contributed by atoms with Crippen LogP contribution in [0.25, 0.3) is 0 Å². The molecule has 0 aliphatic heterocycles. The Kier molecular flexibility index (Phi) is 6.78. The number of hydrogen-bond acceptors (Lipinski definition) is 6. The average Bonchev–Trinajstić information content (AvgIpc) is 3.07. The van der Waals surface area contributed by atoms with E-state index in [-0.39, 0.29) is 12.3 Å². The number of anilines is 1. The van der Waals surface area contributed by atoms with E-state index < -0.39 is 36.4 Å². The molecule has 0 bridgehead atoms. The minimum absolute atomic E-state index is 0.0138. The quantitative estimate of drug-likeness (QED) is 0.624. The van der Waals surface area contributed by atoms with Crippen LogP contribution in [0.4, 0.5) is 14.5 Å². The summed E-state index contributed by atoms with van der Waals surface area (Å²) in [6.45, 7) is 1.96. The topological polar surface area (TPSA) is 102 Å². The molecule has 2 aromatic rings. The molecule has 1 aromatic heterocycles. The molecule has 0 spiro atoms. The maximum atomic E-state index is 12.7. The molecule has 2 N–H and O–H groups in total. The molecule has 7 nitrogen and oxygen atoms in total. The molecule has 150 valence electrons. The number of ether oxygens (including phenoxy) is 1. The van der Waals surface area contributed by atoms with Gasteiger partial charge in [0.1, 0.15) is 10.6 Å². The zero-order valence-corrected chi connectivity index (χ0v) is 16.8. The van der Waals surface area contributed by atoms with Crippen LogP contribution in [0.15, 0.2) is 35.2 Å². The number of halogens is 2. The molecule has 2 rings (SSSR count). The normalized spacial score (nSPS) is 12.3. The minimum Gasteiger partial charge on any atom is -0.497 e. The van der Waals surface area contributed by atoms with E-state index in [2.05, 4.69) is 4.72 Å². The van der Waals surface area contributed by atoms with Gasteiger partial charge in [-0.25, -0.2) is 21.6 Å². The number of methoxy groups -OCH3 is 1. The Morgan fingerprint density at radius 2 is 1.78 bits per heavy atom. The molecule has 1 heterocycles. The van der Waals surface area contributed by atoms with Crippen LogP contribution >= 0.6 is 11.3 Å². The second-order valence-electron chi connectivity index (χ2n) is 5.32. The second-order valence-corrected chi connectivity index (χ2v) is 9.95. The van der Waals surface area contributed by atoms with Crippen molar-refractivity contribution in [1.82, 2.24) is 4.72 Å². The van der Waals surface area contributed by atoms with E-state index in [9.17, 15) is 25.6 Å². The predicted molar refractivity (Wildman–Crippen MR) is 99.3 cm³/mol. The highest BCUT2D eigenvalue weighted by molar-refractivity contribution is 7.93. The SMILES string of the molecule is CCc1ccc(CNS(=O)(=O)c2ccc(OC)cc2NS(=O)(=O)C(F)F)s1. The van der Waals surface area contributed by atoms with Gasteiger partial charge in [0.2, 0.25) is 10.0 Å². The lowest BCUT2D eigenvalue weighted by Gasteiger charge is -2.14. The largest absolute Gasteiger partial charge is 0.497 e. The zero-order valence-electron chi connectivity index (χ0n) is 14.4. The number of hydrogen-bond donors (Lipinski definition) is 2. The molecule has 27 heavy (non-hydrogen) atoms. The first-order valence-electron chi connectivity index (χ1n) is 7.64. The van der Waals surface area contributed by atoms with E-state index in [4.69, 9.17) is 4.74 Å². The number of benzene rings is 1. The summed E-state index contributed by atoms with van der Waals surface area (Å²) >= 11 is 1.44. The molecule has 0 fully saturated rings. The molecule has 0 atom stereocenters. The standard InChI is InChI=1S/C15H18F2N2O5S3/c1-3-11-5-6-12(25-11)9-18-26(20,21)14-7-4-10(24-2)8-13(14)19-27(22,23)15(16)17/h4-8,15,18-19H,3,9H2,1-2H3. The third-order valence-electron chi connectivity index (χ3n) is 3.47. The van der Waals surface area contributed by atoms with E-state index >= 15 is 0 Å². The van der Waals surface area contributed by atoms with E-state index in [0.717, 1.165) is 28.3 Å². The Bertz CT molecular complexity index is 1000. The number of alkyl halides is 2. The van der Waals surface area contributed by atoms with Crippen molar-refractivity contribution in [2.45, 2.75) is 30.5 Å². The first-order valence-corrected chi connectivity index (χ1v) is 11.5. The molecule has 12 heteroatoms. The highest BCUT2D eigenvalue weighted by Gasteiger charge is 2.28. The Labute approximate surface area is 160 Å². The van der Waals surface area contributed by atoms with Gasteiger partial charge in [-0.2, -0.15) is 8.78 Å². The van der Waals surface area contributed by atoms with Crippen LogP contribution in [-0.4, -0.2) is 29.7 Å². The molecule has 0 aliphatic carbocycles. The Morgan fingerprint density at radius 1 is 1.11 bits per heavy atom. The third-order valence-corrected chi connectivity index (χ3v) is 7.13. The Hall–Kier alpha value is -1.76. The monoisotopic (exact) mass is 440 g/mol. The summed E-state index contributed by atoms with van der Waals surface area (Å²) in [6, 6.07) is 7.05. The maximum Gasteiger partial charge on any atom is 0.355 e. The summed E-state index contributed by atoms with van der Waals surface area (Å²) in [5.41, 5.74) is -0.525. The van der Waals surface area contributed by atoms with Crippen LogP contribution in [0.3, 0.4) is 0 Å². The van der Waals surface area contributed by atoms with Crippen LogP contribution < -0.4 is 14.2 Å². The van der Waals surface area contributed by atoms with Crippen molar-refractivity contribution in [2.24, 2.45) is 0 Å². The van der Waals surface area contributed by atoms with Crippen LogP contribution in [0.5, 0.6) is 5.75 Å². The van der Waals surface area contributed by atoms with Gasteiger partial charge in [0, 0.05) is 22.4 Å². The van der Waals surface area contributed by atoms with Gasteiger partial charge in [0.05, 0.1) is 12.8 Å². The van der Waals surface area contributed by atoms with Gasteiger partial charge in [-0.1, -0.05) is 6.92 Å². The lowest BCUT2D eigenvalue weighted by Crippen LogP contribution is -2.26. The van der Waals surface area contributed by atoms with Crippen molar-refractivity contribution in [1.29, 1.82) is 0 Å². The molecule has 0 saturated heterocycles. The highest BCUT2D eigenvalue weighted by atomic mass is 32.2. The molecular formula is C15H18F2N2O5S3. The van der Waals surface area contributed by atoms with Crippen LogP contribution in [0.1, 0.15) is 16.7 Å². The van der Waals surface area contributed by atoms with Gasteiger partial charge in [-0.3, -0.25) is 4.72 Å². The lowest BCUT2D eigenvalue weighted by atomic mass is 10.3. The highest BCUT2D eigenvalue weighted by Crippen LogP contribution is 2.28. The maximum absolute atomic E-state index is 12.7. The van der Waals surface area contributed by atoms with Crippen LogP contribution in [0.2, 0.25) is 0 Å². The summed E-state index contributed by atoms with van der Waals surface area (Å²) in [7, 11) is -7.96.